The van der Waals surface area contributed by atoms with E-state index in [0.29, 0.717) is 5.54 Å². The zero-order valence-electron chi connectivity index (χ0n) is 5.54. The second kappa shape index (κ2) is 1.94. The Kier molecular flexibility index (Phi) is 1.22. The van der Waals surface area contributed by atoms with Crippen LogP contribution < -0.4 is 16.2 Å². The van der Waals surface area contributed by atoms with Gasteiger partial charge in [-0.2, -0.15) is 0 Å². The molecule has 3 N–H and O–H groups in total. The number of nitrogens with one attached hydrogen (secondary N) is 3. The van der Waals surface area contributed by atoms with Crippen LogP contribution in [0.1, 0.15) is 12.8 Å². The first-order valence-corrected chi connectivity index (χ1v) is 3.62. The first-order chi connectivity index (χ1) is 4.41. The van der Waals surface area contributed by atoms with E-state index in [9.17, 15) is 0 Å². The van der Waals surface area contributed by atoms with Crippen molar-refractivity contribution in [1.29, 1.82) is 0 Å². The highest BCUT2D eigenvalue weighted by atomic mass is 15.4. The molecule has 0 aliphatic carbocycles. The Balaban J connectivity index is 1.93. The Labute approximate surface area is 55.2 Å². The fraction of sp³-hybridized carbons (Fsp3) is 1.00. The minimum absolute atomic E-state index is 0.429. The summed E-state index contributed by atoms with van der Waals surface area (Å²) in [5, 5.41) is 3.27. The number of rotatable bonds is 0. The van der Waals surface area contributed by atoms with Crippen LogP contribution in [0.2, 0.25) is 0 Å². The van der Waals surface area contributed by atoms with E-state index in [1.807, 2.05) is 0 Å². The van der Waals surface area contributed by atoms with E-state index in [4.69, 9.17) is 0 Å². The summed E-state index contributed by atoms with van der Waals surface area (Å²) in [7, 11) is 0. The minimum Gasteiger partial charge on any atom is -0.313 e. The topological polar surface area (TPSA) is 36.1 Å². The monoisotopic (exact) mass is 127 g/mol. The van der Waals surface area contributed by atoms with Crippen molar-refractivity contribution in [2.45, 2.75) is 18.4 Å². The van der Waals surface area contributed by atoms with Crippen LogP contribution in [0.4, 0.5) is 0 Å². The van der Waals surface area contributed by atoms with Crippen LogP contribution in [0, 0.1) is 0 Å². The van der Waals surface area contributed by atoms with Crippen molar-refractivity contribution in [3.63, 3.8) is 0 Å². The van der Waals surface area contributed by atoms with Crippen molar-refractivity contribution >= 4 is 0 Å². The summed E-state index contributed by atoms with van der Waals surface area (Å²) in [4.78, 5) is 0. The normalized spacial score (nSPS) is 32.0. The molecule has 0 radical (unpaired) electrons. The molecule has 0 aromatic rings. The molecule has 0 atom stereocenters. The molecule has 0 amide bonds. The minimum atomic E-state index is 0.429. The third-order valence-corrected chi connectivity index (χ3v) is 2.24. The van der Waals surface area contributed by atoms with Crippen LogP contribution in [-0.4, -0.2) is 25.2 Å². The summed E-state index contributed by atoms with van der Waals surface area (Å²) in [5.41, 5.74) is 6.94. The third kappa shape index (κ3) is 0.852. The average Bonchev–Trinajstić information content (AvgIpc) is 1.87. The lowest BCUT2D eigenvalue weighted by Crippen LogP contribution is -2.72. The fourth-order valence-electron chi connectivity index (χ4n) is 1.52. The van der Waals surface area contributed by atoms with Crippen molar-refractivity contribution in [2.75, 3.05) is 19.6 Å². The van der Waals surface area contributed by atoms with Crippen molar-refractivity contribution in [3.05, 3.63) is 0 Å². The zero-order valence-corrected chi connectivity index (χ0v) is 5.54. The Hall–Kier alpha value is -0.120. The highest BCUT2D eigenvalue weighted by Crippen LogP contribution is 2.18. The second-order valence-corrected chi connectivity index (χ2v) is 3.04. The zero-order chi connectivity index (χ0) is 6.16. The molecule has 2 aliphatic rings. The molecule has 0 aromatic carbocycles. The van der Waals surface area contributed by atoms with Crippen LogP contribution in [-0.2, 0) is 0 Å². The van der Waals surface area contributed by atoms with Crippen molar-refractivity contribution in [1.82, 2.24) is 16.2 Å². The lowest BCUT2D eigenvalue weighted by molar-refractivity contribution is 0.141. The highest BCUT2D eigenvalue weighted by Gasteiger charge is 2.37. The predicted molar refractivity (Wildman–Crippen MR) is 36.0 cm³/mol. The standard InChI is InChI=1S/C6H13N3/c1-2-6(4-7-5-6)9-8-3-1/h7-9H,1-5H2. The largest absolute Gasteiger partial charge is 0.313 e. The predicted octanol–water partition coefficient (Wildman–Crippen LogP) is -0.784. The van der Waals surface area contributed by atoms with Gasteiger partial charge in [-0.1, -0.05) is 0 Å². The lowest BCUT2D eigenvalue weighted by atomic mass is 9.87. The van der Waals surface area contributed by atoms with Gasteiger partial charge in [0.1, 0.15) is 0 Å². The molecule has 0 unspecified atom stereocenters. The van der Waals surface area contributed by atoms with Gasteiger partial charge in [-0.3, -0.25) is 5.43 Å². The molecular formula is C6H13N3. The first kappa shape index (κ1) is 5.65. The van der Waals surface area contributed by atoms with Gasteiger partial charge >= 0.3 is 0 Å². The van der Waals surface area contributed by atoms with E-state index in [1.165, 1.54) is 12.8 Å². The molecule has 0 bridgehead atoms. The molecule has 2 rings (SSSR count). The summed E-state index contributed by atoms with van der Waals surface area (Å²) in [5.74, 6) is 0. The SMILES string of the molecule is C1CNNC2(C1)CNC2. The molecule has 2 heterocycles. The smallest absolute Gasteiger partial charge is 0.0572 e. The van der Waals surface area contributed by atoms with E-state index in [2.05, 4.69) is 16.2 Å². The Morgan fingerprint density at radius 1 is 1.22 bits per heavy atom. The van der Waals surface area contributed by atoms with Crippen LogP contribution in [0.15, 0.2) is 0 Å². The van der Waals surface area contributed by atoms with Gasteiger partial charge < -0.3 is 5.32 Å². The van der Waals surface area contributed by atoms with Gasteiger partial charge in [-0.15, -0.1) is 0 Å². The molecule has 3 heteroatoms. The first-order valence-electron chi connectivity index (χ1n) is 3.62. The lowest BCUT2D eigenvalue weighted by Gasteiger charge is -2.46. The van der Waals surface area contributed by atoms with Gasteiger partial charge in [0.15, 0.2) is 0 Å². The number of hydrogen-bond donors (Lipinski definition) is 3. The van der Waals surface area contributed by atoms with Crippen molar-refractivity contribution in [2.24, 2.45) is 0 Å². The molecule has 2 fully saturated rings. The number of hydrogen-bond acceptors (Lipinski definition) is 3. The maximum absolute atomic E-state index is 3.32. The molecule has 1 spiro atoms. The molecule has 3 nitrogen and oxygen atoms in total. The van der Waals surface area contributed by atoms with Crippen molar-refractivity contribution in [3.8, 4) is 0 Å². The van der Waals surface area contributed by atoms with Crippen LogP contribution in [0.25, 0.3) is 0 Å². The van der Waals surface area contributed by atoms with Crippen LogP contribution >= 0.6 is 0 Å². The molecule has 52 valence electrons. The fourth-order valence-corrected chi connectivity index (χ4v) is 1.52. The van der Waals surface area contributed by atoms with Gasteiger partial charge in [0, 0.05) is 19.6 Å². The second-order valence-electron chi connectivity index (χ2n) is 3.04. The summed E-state index contributed by atoms with van der Waals surface area (Å²) in [6, 6.07) is 0. The van der Waals surface area contributed by atoms with E-state index in [-0.39, 0.29) is 0 Å². The molecular weight excluding hydrogens is 114 g/mol. The average molecular weight is 127 g/mol. The Morgan fingerprint density at radius 3 is 2.44 bits per heavy atom. The summed E-state index contributed by atoms with van der Waals surface area (Å²) in [6.45, 7) is 3.40. The van der Waals surface area contributed by atoms with Gasteiger partial charge in [-0.05, 0) is 12.8 Å². The van der Waals surface area contributed by atoms with E-state index in [0.717, 1.165) is 19.6 Å². The molecule has 0 saturated carbocycles. The van der Waals surface area contributed by atoms with E-state index < -0.39 is 0 Å². The molecule has 2 aliphatic heterocycles. The summed E-state index contributed by atoms with van der Waals surface area (Å²) in [6.07, 6.45) is 2.64. The summed E-state index contributed by atoms with van der Waals surface area (Å²) < 4.78 is 0. The van der Waals surface area contributed by atoms with Gasteiger partial charge in [0.25, 0.3) is 0 Å². The van der Waals surface area contributed by atoms with E-state index >= 15 is 0 Å². The maximum Gasteiger partial charge on any atom is 0.0572 e. The van der Waals surface area contributed by atoms with Crippen LogP contribution in [0.5, 0.6) is 0 Å². The molecule has 2 saturated heterocycles. The third-order valence-electron chi connectivity index (χ3n) is 2.24. The van der Waals surface area contributed by atoms with Gasteiger partial charge in [0.05, 0.1) is 5.54 Å². The Bertz CT molecular complexity index is 101. The van der Waals surface area contributed by atoms with Crippen molar-refractivity contribution < 1.29 is 0 Å². The van der Waals surface area contributed by atoms with Gasteiger partial charge in [0.2, 0.25) is 0 Å². The highest BCUT2D eigenvalue weighted by molar-refractivity contribution is 5.00. The van der Waals surface area contributed by atoms with E-state index in [1.54, 1.807) is 0 Å². The maximum atomic E-state index is 3.32. The quantitative estimate of drug-likeness (QED) is 0.399. The molecule has 9 heavy (non-hydrogen) atoms. The molecule has 0 aromatic heterocycles. The summed E-state index contributed by atoms with van der Waals surface area (Å²) >= 11 is 0. The Morgan fingerprint density at radius 2 is 2.11 bits per heavy atom. The van der Waals surface area contributed by atoms with Gasteiger partial charge in [-0.25, -0.2) is 5.43 Å². The number of hydrazine groups is 1. The van der Waals surface area contributed by atoms with Crippen LogP contribution in [0.3, 0.4) is 0 Å².